The van der Waals surface area contributed by atoms with Gasteiger partial charge in [0.15, 0.2) is 0 Å². The number of aromatic nitrogens is 8. The molecule has 4 aromatic heterocycles. The zero-order chi connectivity index (χ0) is 38.4. The summed E-state index contributed by atoms with van der Waals surface area (Å²) in [4.78, 5) is 26.1. The van der Waals surface area contributed by atoms with Crippen molar-refractivity contribution in [3.8, 4) is 0 Å². The number of fused-ring (bicyclic) bond motifs is 4. The van der Waals surface area contributed by atoms with Crippen LogP contribution in [0.25, 0.3) is 44.1 Å². The molecule has 8 aromatic rings. The second-order valence-electron chi connectivity index (χ2n) is 15.1. The summed E-state index contributed by atoms with van der Waals surface area (Å²) < 4.78 is 9.70. The number of imidazole rings is 4. The van der Waals surface area contributed by atoms with Crippen molar-refractivity contribution < 1.29 is 0 Å². The predicted molar refractivity (Wildman–Crippen MR) is 228 cm³/mol. The van der Waals surface area contributed by atoms with Crippen LogP contribution in [0.3, 0.4) is 0 Å². The minimum atomic E-state index is 0.723. The monoisotopic (exact) mass is 748 g/mol. The van der Waals surface area contributed by atoms with Gasteiger partial charge < -0.3 is 18.3 Å². The Hall–Kier alpha value is -5.32. The first-order valence-corrected chi connectivity index (χ1v) is 20.8. The first-order valence-electron chi connectivity index (χ1n) is 20.8. The van der Waals surface area contributed by atoms with Gasteiger partial charge in [0.05, 0.1) is 70.3 Å². The van der Waals surface area contributed by atoms with Gasteiger partial charge in [-0.3, -0.25) is 9.80 Å². The van der Waals surface area contributed by atoms with Crippen molar-refractivity contribution in [1.82, 2.24) is 48.0 Å². The third-order valence-electron chi connectivity index (χ3n) is 10.9. The Balaban J connectivity index is 1.18. The van der Waals surface area contributed by atoms with Crippen LogP contribution in [-0.4, -0.2) is 61.1 Å². The first-order chi connectivity index (χ1) is 27.6. The van der Waals surface area contributed by atoms with Gasteiger partial charge in [0.1, 0.15) is 23.3 Å². The van der Waals surface area contributed by atoms with Crippen LogP contribution in [-0.2, 0) is 52.4 Å². The van der Waals surface area contributed by atoms with Gasteiger partial charge in [-0.2, -0.15) is 0 Å². The fourth-order valence-corrected chi connectivity index (χ4v) is 8.39. The molecule has 8 rings (SSSR count). The van der Waals surface area contributed by atoms with Crippen molar-refractivity contribution in [2.45, 2.75) is 106 Å². The minimum absolute atomic E-state index is 0.723. The molecule has 0 aliphatic carbocycles. The van der Waals surface area contributed by atoms with Crippen LogP contribution in [0.2, 0.25) is 0 Å². The Morgan fingerprint density at radius 3 is 0.821 bits per heavy atom. The molecular weight excluding hydrogens is 693 g/mol. The number of aryl methyl sites for hydroxylation is 4. The van der Waals surface area contributed by atoms with Gasteiger partial charge in [-0.05, 0) is 74.2 Å². The summed E-state index contributed by atoms with van der Waals surface area (Å²) >= 11 is 0. The molecule has 10 nitrogen and oxygen atoms in total. The van der Waals surface area contributed by atoms with Crippen molar-refractivity contribution in [2.75, 3.05) is 13.1 Å². The molecule has 0 bridgehead atoms. The zero-order valence-electron chi connectivity index (χ0n) is 33.6. The molecular formula is C46H56N10. The maximum absolute atomic E-state index is 5.24. The lowest BCUT2D eigenvalue weighted by Gasteiger charge is -2.28. The van der Waals surface area contributed by atoms with Crippen molar-refractivity contribution in [2.24, 2.45) is 0 Å². The zero-order valence-corrected chi connectivity index (χ0v) is 33.6. The molecule has 0 atom stereocenters. The largest absolute Gasteiger partial charge is 0.327 e. The van der Waals surface area contributed by atoms with E-state index in [0.717, 1.165) is 136 Å². The Kier molecular flexibility index (Phi) is 11.6. The lowest BCUT2D eigenvalue weighted by atomic mass is 10.3. The van der Waals surface area contributed by atoms with Gasteiger partial charge in [0.25, 0.3) is 0 Å². The van der Waals surface area contributed by atoms with E-state index < -0.39 is 0 Å². The average molecular weight is 749 g/mol. The van der Waals surface area contributed by atoms with E-state index in [1.807, 2.05) is 0 Å². The summed E-state index contributed by atoms with van der Waals surface area (Å²) in [5.74, 6) is 4.42. The number of benzene rings is 4. The van der Waals surface area contributed by atoms with Crippen LogP contribution in [0.15, 0.2) is 97.1 Å². The fourth-order valence-electron chi connectivity index (χ4n) is 8.39. The van der Waals surface area contributed by atoms with Gasteiger partial charge in [0, 0.05) is 39.3 Å². The highest BCUT2D eigenvalue weighted by molar-refractivity contribution is 5.78. The van der Waals surface area contributed by atoms with E-state index in [1.165, 1.54) is 22.1 Å². The van der Waals surface area contributed by atoms with Crippen molar-refractivity contribution in [3.05, 3.63) is 120 Å². The molecule has 290 valence electrons. The summed E-state index contributed by atoms with van der Waals surface area (Å²) in [5, 5.41) is 0. The average Bonchev–Trinajstić information content (AvgIpc) is 3.95. The van der Waals surface area contributed by atoms with Crippen molar-refractivity contribution >= 4 is 44.1 Å². The van der Waals surface area contributed by atoms with Crippen LogP contribution in [0.5, 0.6) is 0 Å². The molecule has 0 N–H and O–H groups in total. The van der Waals surface area contributed by atoms with Crippen LogP contribution in [0.4, 0.5) is 0 Å². The quantitative estimate of drug-likeness (QED) is 0.0821. The van der Waals surface area contributed by atoms with Gasteiger partial charge in [-0.1, -0.05) is 76.2 Å². The number of para-hydroxylation sites is 8. The summed E-state index contributed by atoms with van der Waals surface area (Å²) in [6, 6.07) is 34.3. The van der Waals surface area contributed by atoms with E-state index in [-0.39, 0.29) is 0 Å². The van der Waals surface area contributed by atoms with Crippen LogP contribution >= 0.6 is 0 Å². The SMILES string of the molecule is CCCn1c(CN(CCN(Cc2nc3ccccc3n2CCC)Cc2nc3ccccc3n2CCC)Cc2nc3ccccc3n2CCC)nc2ccccc21. The smallest absolute Gasteiger partial charge is 0.124 e. The summed E-state index contributed by atoms with van der Waals surface area (Å²) in [5.41, 5.74) is 9.03. The fraction of sp³-hybridized carbons (Fsp3) is 0.391. The molecule has 0 unspecified atom stereocenters. The standard InChI is InChI=1S/C46H56N10/c1-5-25-53-39-21-13-9-17-35(39)47-43(53)31-51(32-44-48-36-18-10-14-22-40(36)54(44)26-6-2)29-30-52(33-45-49-37-19-11-15-23-41(37)55(45)27-7-3)34-46-50-38-20-12-16-24-42(38)56(46)28-8-4/h9-24H,5-8,25-34H2,1-4H3. The molecule has 0 aliphatic rings. The topological polar surface area (TPSA) is 77.8 Å². The molecule has 0 radical (unpaired) electrons. The Morgan fingerprint density at radius 2 is 0.589 bits per heavy atom. The van der Waals surface area contributed by atoms with Gasteiger partial charge in [0.2, 0.25) is 0 Å². The van der Waals surface area contributed by atoms with Gasteiger partial charge >= 0.3 is 0 Å². The van der Waals surface area contributed by atoms with Gasteiger partial charge in [-0.15, -0.1) is 0 Å². The first kappa shape index (κ1) is 37.6. The lowest BCUT2D eigenvalue weighted by Crippen LogP contribution is -2.36. The number of hydrogen-bond donors (Lipinski definition) is 0. The molecule has 0 fully saturated rings. The minimum Gasteiger partial charge on any atom is -0.327 e. The molecule has 56 heavy (non-hydrogen) atoms. The maximum atomic E-state index is 5.24. The Labute approximate surface area is 330 Å². The molecule has 0 saturated carbocycles. The predicted octanol–water partition coefficient (Wildman–Crippen LogP) is 9.43. The molecule has 0 spiro atoms. The number of hydrogen-bond acceptors (Lipinski definition) is 6. The Bertz CT molecular complexity index is 2190. The molecule has 0 saturated heterocycles. The van der Waals surface area contributed by atoms with E-state index in [1.54, 1.807) is 0 Å². The molecule has 0 aliphatic heterocycles. The van der Waals surface area contributed by atoms with Crippen molar-refractivity contribution in [1.29, 1.82) is 0 Å². The second-order valence-corrected chi connectivity index (χ2v) is 15.1. The van der Waals surface area contributed by atoms with Gasteiger partial charge in [-0.25, -0.2) is 19.9 Å². The summed E-state index contributed by atoms with van der Waals surface area (Å²) in [7, 11) is 0. The number of nitrogens with zero attached hydrogens (tertiary/aromatic N) is 10. The normalized spacial score (nSPS) is 12.2. The highest BCUT2D eigenvalue weighted by Crippen LogP contribution is 2.24. The number of rotatable bonds is 19. The third-order valence-corrected chi connectivity index (χ3v) is 10.9. The third kappa shape index (κ3) is 7.73. The van der Waals surface area contributed by atoms with Crippen LogP contribution in [0, 0.1) is 0 Å². The molecule has 0 amide bonds. The van der Waals surface area contributed by atoms with E-state index in [9.17, 15) is 0 Å². The van der Waals surface area contributed by atoms with E-state index in [2.05, 4.69) is 153 Å². The maximum Gasteiger partial charge on any atom is 0.124 e. The van der Waals surface area contributed by atoms with E-state index in [0.29, 0.717) is 0 Å². The molecule has 4 heterocycles. The Morgan fingerprint density at radius 1 is 0.357 bits per heavy atom. The van der Waals surface area contributed by atoms with Crippen LogP contribution < -0.4 is 0 Å². The molecule has 10 heteroatoms. The highest BCUT2D eigenvalue weighted by atomic mass is 15.3. The second kappa shape index (κ2) is 17.2. The van der Waals surface area contributed by atoms with E-state index >= 15 is 0 Å². The summed E-state index contributed by atoms with van der Waals surface area (Å²) in [6.07, 6.45) is 4.19. The molecule has 4 aromatic carbocycles. The van der Waals surface area contributed by atoms with Crippen molar-refractivity contribution in [3.63, 3.8) is 0 Å². The lowest BCUT2D eigenvalue weighted by molar-refractivity contribution is 0.168. The van der Waals surface area contributed by atoms with Crippen LogP contribution in [0.1, 0.15) is 76.7 Å². The van der Waals surface area contributed by atoms with E-state index in [4.69, 9.17) is 19.9 Å². The highest BCUT2D eigenvalue weighted by Gasteiger charge is 2.22. The summed E-state index contributed by atoms with van der Waals surface area (Å²) in [6.45, 7) is 17.3.